The van der Waals surface area contributed by atoms with Gasteiger partial charge in [-0.1, -0.05) is 47.8 Å². The number of carboxylic acid groups (broad SMARTS) is 3. The summed E-state index contributed by atoms with van der Waals surface area (Å²) in [5.41, 5.74) is 0. The minimum absolute atomic E-state index is 0.694. The molecule has 12 heteroatoms. The molecule has 0 rings (SSSR count). The smallest absolute Gasteiger partial charge is 0.371 e. The molecule has 0 aliphatic carbocycles. The van der Waals surface area contributed by atoms with Crippen molar-refractivity contribution in [3.8, 4) is 0 Å². The van der Waals surface area contributed by atoms with E-state index in [1.54, 1.807) is 0 Å². The molecule has 0 spiro atoms. The van der Waals surface area contributed by atoms with Crippen molar-refractivity contribution in [2.75, 3.05) is 0 Å². The first-order chi connectivity index (χ1) is 9.54. The van der Waals surface area contributed by atoms with Crippen LogP contribution in [0.4, 0.5) is 0 Å². The summed E-state index contributed by atoms with van der Waals surface area (Å²) in [7, 11) is 0. The lowest BCUT2D eigenvalue weighted by molar-refractivity contribution is -0.136. The third kappa shape index (κ3) is 18.5. The third-order valence-corrected chi connectivity index (χ3v) is 2.27. The largest absolute Gasteiger partial charge is 0.501 e. The van der Waals surface area contributed by atoms with Gasteiger partial charge in [0.05, 0.1) is 0 Å². The van der Waals surface area contributed by atoms with E-state index in [0.717, 1.165) is 15.0 Å². The van der Waals surface area contributed by atoms with Gasteiger partial charge in [-0.05, 0) is 0 Å². The molecule has 0 radical (unpaired) electrons. The predicted octanol–water partition coefficient (Wildman–Crippen LogP) is 2.60. The quantitative estimate of drug-likeness (QED) is 0.251. The van der Waals surface area contributed by atoms with Crippen molar-refractivity contribution < 1.29 is 45.0 Å². The molecule has 0 atom stereocenters. The summed E-state index contributed by atoms with van der Waals surface area (Å²) in [4.78, 5) is 31.5. The molecule has 0 aliphatic heterocycles. The standard InChI is InChI=1S/3C3H3BrO3/c3*4-1-2(5)3(6)7/h3*1,5H,(H,6,7). The predicted molar refractivity (Wildman–Crippen MR) is 81.8 cm³/mol. The van der Waals surface area contributed by atoms with Crippen LogP contribution in [0.25, 0.3) is 0 Å². The van der Waals surface area contributed by atoms with E-state index in [0.29, 0.717) is 0 Å². The van der Waals surface area contributed by atoms with Crippen molar-refractivity contribution in [2.45, 2.75) is 0 Å². The van der Waals surface area contributed by atoms with E-state index in [1.165, 1.54) is 0 Å². The highest BCUT2D eigenvalue weighted by Gasteiger charge is 1.99. The summed E-state index contributed by atoms with van der Waals surface area (Å²) in [5.74, 6) is -6.09. The molecule has 0 aliphatic rings. The van der Waals surface area contributed by atoms with Gasteiger partial charge in [-0.15, -0.1) is 0 Å². The summed E-state index contributed by atoms with van der Waals surface area (Å²) in [6, 6.07) is 0. The van der Waals surface area contributed by atoms with E-state index in [4.69, 9.17) is 30.6 Å². The van der Waals surface area contributed by atoms with Crippen LogP contribution in [0.2, 0.25) is 0 Å². The highest BCUT2D eigenvalue weighted by atomic mass is 79.9. The lowest BCUT2D eigenvalue weighted by Crippen LogP contribution is -1.96. The van der Waals surface area contributed by atoms with Gasteiger partial charge in [0.2, 0.25) is 17.3 Å². The summed E-state index contributed by atoms with van der Waals surface area (Å²) in [5, 5.41) is 48.0. The summed E-state index contributed by atoms with van der Waals surface area (Å²) in [6.07, 6.45) is 0. The van der Waals surface area contributed by atoms with Gasteiger partial charge in [-0.2, -0.15) is 0 Å². The molecular weight excluding hydrogens is 492 g/mol. The maximum Gasteiger partial charge on any atom is 0.371 e. The highest BCUT2D eigenvalue weighted by molar-refractivity contribution is 9.11. The number of carboxylic acids is 3. The van der Waals surface area contributed by atoms with E-state index in [-0.39, 0.29) is 0 Å². The molecule has 9 nitrogen and oxygen atoms in total. The normalized spacial score (nSPS) is 11.3. The van der Waals surface area contributed by atoms with Gasteiger partial charge in [0.25, 0.3) is 0 Å². The first-order valence-corrected chi connectivity index (χ1v) is 6.97. The number of hydrogen-bond donors (Lipinski definition) is 6. The van der Waals surface area contributed by atoms with Crippen LogP contribution in [0.1, 0.15) is 0 Å². The van der Waals surface area contributed by atoms with Crippen LogP contribution >= 0.6 is 47.8 Å². The van der Waals surface area contributed by atoms with E-state index in [9.17, 15) is 14.4 Å². The SMILES string of the molecule is O=C(O)C(O)=CBr.O=C(O)C(O)=CBr.O=C(O)C(O)=CBr. The molecule has 0 bridgehead atoms. The van der Waals surface area contributed by atoms with Gasteiger partial charge in [0.1, 0.15) is 0 Å². The second-order valence-electron chi connectivity index (χ2n) is 2.40. The molecule has 0 fully saturated rings. The number of rotatable bonds is 3. The number of halogens is 3. The van der Waals surface area contributed by atoms with Gasteiger partial charge in [0.15, 0.2) is 0 Å². The lowest BCUT2D eigenvalue weighted by atomic mass is 10.6. The Hall–Kier alpha value is -1.53. The average molecular weight is 501 g/mol. The number of carbonyl (C=O) groups is 3. The third-order valence-electron chi connectivity index (χ3n) is 0.967. The Morgan fingerprint density at radius 2 is 0.667 bits per heavy atom. The minimum Gasteiger partial charge on any atom is -0.501 e. The molecule has 0 saturated heterocycles. The fraction of sp³-hybridized carbons (Fsp3) is 0. The van der Waals surface area contributed by atoms with Gasteiger partial charge >= 0.3 is 17.9 Å². The fourth-order valence-electron chi connectivity index (χ4n) is 0.140. The fourth-order valence-corrected chi connectivity index (χ4v) is 0.728. The molecule has 0 heterocycles. The molecule has 6 N–H and O–H groups in total. The van der Waals surface area contributed by atoms with Crippen molar-refractivity contribution in [1.29, 1.82) is 0 Å². The van der Waals surface area contributed by atoms with Crippen LogP contribution < -0.4 is 0 Å². The second kappa shape index (κ2) is 14.9. The molecular formula is C9H9Br3O9. The Bertz CT molecular complexity index is 387. The Morgan fingerprint density at radius 3 is 0.667 bits per heavy atom. The highest BCUT2D eigenvalue weighted by Crippen LogP contribution is 1.92. The lowest BCUT2D eigenvalue weighted by Gasteiger charge is -1.82. The van der Waals surface area contributed by atoms with Crippen molar-refractivity contribution in [1.82, 2.24) is 0 Å². The molecule has 0 amide bonds. The van der Waals surface area contributed by atoms with E-state index in [2.05, 4.69) is 47.8 Å². The Balaban J connectivity index is -0.000000231. The Labute approximate surface area is 142 Å². The molecule has 0 aromatic carbocycles. The number of aliphatic hydroxyl groups excluding tert-OH is 3. The van der Waals surface area contributed by atoms with Crippen molar-refractivity contribution in [3.05, 3.63) is 32.2 Å². The number of aliphatic carboxylic acids is 3. The number of aliphatic hydroxyl groups is 3. The van der Waals surface area contributed by atoms with Crippen LogP contribution in [-0.2, 0) is 14.4 Å². The monoisotopic (exact) mass is 498 g/mol. The van der Waals surface area contributed by atoms with Crippen LogP contribution in [0.5, 0.6) is 0 Å². The zero-order chi connectivity index (χ0) is 17.6. The second-order valence-corrected chi connectivity index (χ2v) is 3.77. The van der Waals surface area contributed by atoms with Crippen molar-refractivity contribution in [2.24, 2.45) is 0 Å². The molecule has 21 heavy (non-hydrogen) atoms. The first-order valence-electron chi connectivity index (χ1n) is 4.22. The van der Waals surface area contributed by atoms with Crippen molar-refractivity contribution >= 4 is 65.7 Å². The molecule has 0 aromatic rings. The molecule has 0 aromatic heterocycles. The van der Waals surface area contributed by atoms with E-state index < -0.39 is 35.2 Å². The number of hydrogen-bond acceptors (Lipinski definition) is 6. The zero-order valence-electron chi connectivity index (χ0n) is 9.77. The maximum atomic E-state index is 9.58. The molecule has 0 unspecified atom stereocenters. The summed E-state index contributed by atoms with van der Waals surface area (Å²) >= 11 is 7.87. The first kappa shape index (κ1) is 24.5. The minimum atomic E-state index is -1.34. The Kier molecular flexibility index (Phi) is 17.3. The maximum absolute atomic E-state index is 9.58. The topological polar surface area (TPSA) is 173 Å². The van der Waals surface area contributed by atoms with Crippen LogP contribution in [-0.4, -0.2) is 48.5 Å². The summed E-state index contributed by atoms with van der Waals surface area (Å²) in [6.45, 7) is 0. The van der Waals surface area contributed by atoms with Gasteiger partial charge in [-0.3, -0.25) is 0 Å². The van der Waals surface area contributed by atoms with Crippen molar-refractivity contribution in [3.63, 3.8) is 0 Å². The zero-order valence-corrected chi connectivity index (χ0v) is 14.5. The van der Waals surface area contributed by atoms with E-state index in [1.807, 2.05) is 0 Å². The average Bonchev–Trinajstić information content (AvgIpc) is 2.45. The van der Waals surface area contributed by atoms with Crippen LogP contribution in [0.15, 0.2) is 32.2 Å². The molecule has 120 valence electrons. The van der Waals surface area contributed by atoms with Crippen LogP contribution in [0.3, 0.4) is 0 Å². The van der Waals surface area contributed by atoms with E-state index >= 15 is 0 Å². The van der Waals surface area contributed by atoms with Crippen LogP contribution in [0, 0.1) is 0 Å². The summed E-state index contributed by atoms with van der Waals surface area (Å²) < 4.78 is 0. The Morgan fingerprint density at radius 1 is 0.524 bits per heavy atom. The van der Waals surface area contributed by atoms with Gasteiger partial charge < -0.3 is 30.6 Å². The van der Waals surface area contributed by atoms with Gasteiger partial charge in [-0.25, -0.2) is 14.4 Å². The molecule has 0 saturated carbocycles. The van der Waals surface area contributed by atoms with Gasteiger partial charge in [0, 0.05) is 15.0 Å².